The standard InChI is InChI=1S/C54H66N10O11S2/c1-56-43(66)14-13-33(27-65)64-26-37-31(9-7-10-34(37)51(64)71)8-5-4-6-16-58-49(69)35-21-41-36(20-32(35)28-76-3)38-24-61(2)53(73)48-46(38)39(25-62(41)23-30-11-12-30)47(60-48)50(70)59-18-17-57-44(67)15-19-63-45(68)22-42(52(63)72)77-29-40(55)54(74)75/h7,9-10,20-21,24,27,30,33,40,42,60H,4-6,8,11-19,22-23,25-26,28-29,55H2,1-3H3,(H,56,66)(H,57,67)(H,58,69)(H,59,70)(H,74,75). The van der Waals surface area contributed by atoms with E-state index in [4.69, 9.17) is 10.8 Å². The molecule has 4 aromatic rings. The molecule has 2 aromatic heterocycles. The van der Waals surface area contributed by atoms with E-state index in [-0.39, 0.29) is 92.1 Å². The van der Waals surface area contributed by atoms with Gasteiger partial charge in [-0.05, 0) is 85.6 Å². The predicted molar refractivity (Wildman–Crippen MR) is 292 cm³/mol. The van der Waals surface area contributed by atoms with Crippen molar-refractivity contribution in [1.82, 2.24) is 40.6 Å². The number of aryl methyl sites for hydroxylation is 2. The summed E-state index contributed by atoms with van der Waals surface area (Å²) in [6, 6.07) is 7.77. The Morgan fingerprint density at radius 1 is 0.896 bits per heavy atom. The van der Waals surface area contributed by atoms with Crippen LogP contribution in [0.1, 0.15) is 111 Å². The van der Waals surface area contributed by atoms with Crippen LogP contribution in [0.2, 0.25) is 0 Å². The maximum atomic E-state index is 14.2. The van der Waals surface area contributed by atoms with Gasteiger partial charge < -0.3 is 56.3 Å². The van der Waals surface area contributed by atoms with Gasteiger partial charge in [-0.1, -0.05) is 18.6 Å². The van der Waals surface area contributed by atoms with Gasteiger partial charge in [0.05, 0.1) is 11.3 Å². The molecule has 5 heterocycles. The largest absolute Gasteiger partial charge is 0.480 e. The third-order valence-corrected chi connectivity index (χ3v) is 16.6. The first kappa shape index (κ1) is 56.2. The molecule has 8 N–H and O–H groups in total. The number of hydrogen-bond acceptors (Lipinski definition) is 14. The molecular formula is C54H66N10O11S2. The Bertz CT molecular complexity index is 3060. The average molecular weight is 1100 g/mol. The maximum Gasteiger partial charge on any atom is 0.321 e. The molecule has 410 valence electrons. The molecule has 3 atom stereocenters. The van der Waals surface area contributed by atoms with Crippen LogP contribution in [0, 0.1) is 5.92 Å². The molecule has 0 bridgehead atoms. The summed E-state index contributed by atoms with van der Waals surface area (Å²) in [5.41, 5.74) is 12.7. The Kier molecular flexibility index (Phi) is 18.3. The van der Waals surface area contributed by atoms with Gasteiger partial charge in [0.2, 0.25) is 23.6 Å². The number of carbonyl (C=O) groups excluding carboxylic acids is 8. The second-order valence-corrected chi connectivity index (χ2v) is 22.1. The number of thioether (sulfide) groups is 2. The number of nitrogens with zero attached hydrogens (tertiary/aromatic N) is 4. The monoisotopic (exact) mass is 1090 g/mol. The lowest BCUT2D eigenvalue weighted by atomic mass is 9.95. The van der Waals surface area contributed by atoms with Crippen LogP contribution in [0.25, 0.3) is 22.0 Å². The number of aldehydes is 1. The number of hydrogen-bond donors (Lipinski definition) is 7. The molecule has 7 amide bonds. The number of carbonyl (C=O) groups is 9. The molecule has 2 fully saturated rings. The highest BCUT2D eigenvalue weighted by Gasteiger charge is 2.40. The van der Waals surface area contributed by atoms with Crippen LogP contribution in [-0.2, 0) is 61.1 Å². The molecule has 3 aliphatic heterocycles. The molecule has 0 spiro atoms. The highest BCUT2D eigenvalue weighted by atomic mass is 32.2. The van der Waals surface area contributed by atoms with Crippen molar-refractivity contribution in [3.05, 3.63) is 86.0 Å². The van der Waals surface area contributed by atoms with Crippen LogP contribution in [0.3, 0.4) is 0 Å². The lowest BCUT2D eigenvalue weighted by Gasteiger charge is -2.27. The smallest absolute Gasteiger partial charge is 0.321 e. The number of H-pyrrole nitrogens is 1. The number of pyridine rings is 1. The van der Waals surface area contributed by atoms with Crippen molar-refractivity contribution in [1.29, 1.82) is 0 Å². The number of fused-ring (bicyclic) bond motifs is 3. The Hall–Kier alpha value is -6.98. The minimum absolute atomic E-state index is 0.0276. The van der Waals surface area contributed by atoms with E-state index >= 15 is 0 Å². The van der Waals surface area contributed by atoms with Crippen molar-refractivity contribution in [2.24, 2.45) is 18.7 Å². The zero-order valence-corrected chi connectivity index (χ0v) is 45.1. The van der Waals surface area contributed by atoms with Gasteiger partial charge in [-0.2, -0.15) is 11.8 Å². The van der Waals surface area contributed by atoms with Gasteiger partial charge in [0.15, 0.2) is 0 Å². The van der Waals surface area contributed by atoms with Crippen LogP contribution in [-0.4, -0.2) is 147 Å². The Balaban J connectivity index is 0.901. The first-order chi connectivity index (χ1) is 37.0. The Morgan fingerprint density at radius 3 is 2.39 bits per heavy atom. The Morgan fingerprint density at radius 2 is 1.66 bits per heavy atom. The molecule has 1 saturated heterocycles. The van der Waals surface area contributed by atoms with Gasteiger partial charge in [-0.25, -0.2) is 0 Å². The molecule has 1 saturated carbocycles. The number of unbranched alkanes of at least 4 members (excludes halogenated alkanes) is 2. The molecule has 23 heteroatoms. The van der Waals surface area contributed by atoms with Gasteiger partial charge in [-0.15, -0.1) is 11.8 Å². The molecule has 4 aliphatic rings. The quantitative estimate of drug-likeness (QED) is 0.0257. The number of nitrogens with two attached hydrogens (primary N) is 1. The minimum atomic E-state index is -1.21. The number of imide groups is 1. The van der Waals surface area contributed by atoms with E-state index < -0.39 is 46.9 Å². The number of benzene rings is 2. The highest BCUT2D eigenvalue weighted by Crippen LogP contribution is 2.45. The molecule has 77 heavy (non-hydrogen) atoms. The maximum absolute atomic E-state index is 14.2. The van der Waals surface area contributed by atoms with Gasteiger partial charge in [0, 0.05) is 136 Å². The fourth-order valence-electron chi connectivity index (χ4n) is 10.3. The van der Waals surface area contributed by atoms with Crippen LogP contribution in [0.5, 0.6) is 0 Å². The summed E-state index contributed by atoms with van der Waals surface area (Å²) >= 11 is 2.58. The molecule has 0 radical (unpaired) electrons. The molecular weight excluding hydrogens is 1030 g/mol. The summed E-state index contributed by atoms with van der Waals surface area (Å²) in [6.45, 7) is 1.61. The topological polar surface area (TPSA) is 296 Å². The number of likely N-dealkylation sites (tertiary alicyclic amines) is 1. The minimum Gasteiger partial charge on any atom is -0.480 e. The SMILES string of the molecule is CNC(=O)CCC(C=O)N1Cc2c(CCCCCNC(=O)c3cc4c(cc3CSC)-c3cn(C)c(=O)c5[nH]c(C(=O)NCCNC(=O)CCN6C(=O)CC(SCC(N)C(=O)O)C6=O)c(c35)CN4CC3CC3)cccc2C1=O. The Labute approximate surface area is 453 Å². The van der Waals surface area contributed by atoms with Gasteiger partial charge in [-0.3, -0.25) is 48.1 Å². The highest BCUT2D eigenvalue weighted by molar-refractivity contribution is 8.00. The second kappa shape index (κ2) is 25.0. The van der Waals surface area contributed by atoms with E-state index in [1.165, 1.54) is 11.6 Å². The van der Waals surface area contributed by atoms with Gasteiger partial charge in [0.25, 0.3) is 23.3 Å². The number of carboxylic acids is 1. The third-order valence-electron chi connectivity index (χ3n) is 14.7. The van der Waals surface area contributed by atoms with E-state index in [1.54, 1.807) is 36.0 Å². The van der Waals surface area contributed by atoms with Crippen LogP contribution >= 0.6 is 23.5 Å². The summed E-state index contributed by atoms with van der Waals surface area (Å²) in [5, 5.41) is 20.2. The third kappa shape index (κ3) is 12.7. The van der Waals surface area contributed by atoms with Crippen LogP contribution in [0.4, 0.5) is 5.69 Å². The van der Waals surface area contributed by atoms with E-state index in [0.29, 0.717) is 53.4 Å². The summed E-state index contributed by atoms with van der Waals surface area (Å²) in [7, 11) is 3.20. The van der Waals surface area contributed by atoms with Crippen molar-refractivity contribution in [2.45, 2.75) is 100 Å². The number of aliphatic carboxylic acids is 1. The van der Waals surface area contributed by atoms with Gasteiger partial charge >= 0.3 is 5.97 Å². The summed E-state index contributed by atoms with van der Waals surface area (Å²) in [4.78, 5) is 137. The molecule has 8 rings (SSSR count). The van der Waals surface area contributed by atoms with Crippen molar-refractivity contribution in [3.8, 4) is 11.1 Å². The van der Waals surface area contributed by atoms with E-state index in [9.17, 15) is 47.9 Å². The van der Waals surface area contributed by atoms with Crippen molar-refractivity contribution < 1.29 is 48.3 Å². The fraction of sp³-hybridized carbons (Fsp3) is 0.481. The van der Waals surface area contributed by atoms with E-state index in [1.807, 2.05) is 30.5 Å². The summed E-state index contributed by atoms with van der Waals surface area (Å²) in [6.07, 6.45) is 9.75. The van der Waals surface area contributed by atoms with Crippen molar-refractivity contribution >= 4 is 93.7 Å². The number of aromatic nitrogens is 2. The van der Waals surface area contributed by atoms with Crippen molar-refractivity contribution in [3.63, 3.8) is 0 Å². The van der Waals surface area contributed by atoms with Crippen LogP contribution < -0.4 is 37.5 Å². The predicted octanol–water partition coefficient (Wildman–Crippen LogP) is 2.83. The molecule has 21 nitrogen and oxygen atoms in total. The lowest BCUT2D eigenvalue weighted by Crippen LogP contribution is -2.38. The number of anilines is 1. The number of aromatic amines is 1. The normalized spacial score (nSPS) is 16.5. The lowest BCUT2D eigenvalue weighted by molar-refractivity contribution is -0.139. The van der Waals surface area contributed by atoms with Crippen LogP contribution in [0.15, 0.2) is 41.3 Å². The second-order valence-electron chi connectivity index (χ2n) is 20.0. The first-order valence-electron chi connectivity index (χ1n) is 26.0. The fourth-order valence-corrected chi connectivity index (χ4v) is 12.0. The first-order valence-corrected chi connectivity index (χ1v) is 28.5. The number of amides is 7. The summed E-state index contributed by atoms with van der Waals surface area (Å²) in [5.74, 6) is -2.79. The number of nitrogens with one attached hydrogen (secondary N) is 5. The van der Waals surface area contributed by atoms with Gasteiger partial charge in [0.1, 0.15) is 23.5 Å². The van der Waals surface area contributed by atoms with E-state index in [2.05, 4.69) is 31.2 Å². The van der Waals surface area contributed by atoms with E-state index in [0.717, 1.165) is 95.0 Å². The number of carboxylic acid groups (broad SMARTS) is 1. The zero-order valence-electron chi connectivity index (χ0n) is 43.5. The summed E-state index contributed by atoms with van der Waals surface area (Å²) < 4.78 is 1.49. The zero-order chi connectivity index (χ0) is 55.1. The number of rotatable bonds is 27. The molecule has 2 aromatic carbocycles. The molecule has 1 aliphatic carbocycles. The average Bonchev–Trinajstić information content (AvgIpc) is 4.11. The van der Waals surface area contributed by atoms with Crippen molar-refractivity contribution in [2.75, 3.05) is 56.7 Å². The molecule has 3 unspecified atom stereocenters.